The van der Waals surface area contributed by atoms with Crippen molar-refractivity contribution in [3.8, 4) is 23.0 Å². The molecule has 2 rings (SSSR count). The summed E-state index contributed by atoms with van der Waals surface area (Å²) in [5.74, 6) is -0.768. The Morgan fingerprint density at radius 1 is 0.947 bits per heavy atom. The number of aryl methyl sites for hydroxylation is 1. The summed E-state index contributed by atoms with van der Waals surface area (Å²) in [6.07, 6.45) is 0. The van der Waals surface area contributed by atoms with Gasteiger partial charge in [-0.15, -0.1) is 0 Å². The van der Waals surface area contributed by atoms with Crippen molar-refractivity contribution >= 4 is 5.97 Å². The predicted octanol–water partition coefficient (Wildman–Crippen LogP) is 2.90. The van der Waals surface area contributed by atoms with Gasteiger partial charge in [0.2, 0.25) is 0 Å². The van der Waals surface area contributed by atoms with E-state index in [-0.39, 0.29) is 22.8 Å². The number of hydrogen-bond donors (Lipinski definition) is 3. The third kappa shape index (κ3) is 3.16. The van der Waals surface area contributed by atoms with Crippen LogP contribution >= 0.6 is 0 Å². The van der Waals surface area contributed by atoms with Crippen LogP contribution < -0.4 is 4.74 Å². The van der Waals surface area contributed by atoms with E-state index < -0.39 is 5.97 Å². The molecule has 0 unspecified atom stereocenters. The third-order valence-electron chi connectivity index (χ3n) is 2.41. The van der Waals surface area contributed by atoms with E-state index in [0.717, 1.165) is 11.6 Å². The second-order valence-corrected chi connectivity index (χ2v) is 4.13. The number of phenolic OH excluding ortho intramolecular Hbond substituents is 2. The first-order valence-electron chi connectivity index (χ1n) is 5.50. The van der Waals surface area contributed by atoms with Crippen molar-refractivity contribution in [2.24, 2.45) is 0 Å². The number of benzene rings is 2. The minimum atomic E-state index is -1.16. The maximum absolute atomic E-state index is 10.9. The Morgan fingerprint density at radius 3 is 2.11 bits per heavy atom. The Kier molecular flexibility index (Phi) is 3.29. The molecule has 0 spiro atoms. The number of hydrogen-bond acceptors (Lipinski definition) is 4. The first-order valence-corrected chi connectivity index (χ1v) is 5.50. The molecule has 98 valence electrons. The van der Waals surface area contributed by atoms with Crippen LogP contribution in [0.1, 0.15) is 15.9 Å². The standard InChI is InChI=1S/C14H12O5/c1-8-2-10(15)6-12(3-8)19-13-5-9(14(17)18)4-11(16)7-13/h2-7,15-16H,1H3,(H,17,18). The zero-order valence-electron chi connectivity index (χ0n) is 10.1. The zero-order valence-corrected chi connectivity index (χ0v) is 10.1. The molecule has 5 nitrogen and oxygen atoms in total. The highest BCUT2D eigenvalue weighted by Gasteiger charge is 2.08. The van der Waals surface area contributed by atoms with Gasteiger partial charge in [-0.05, 0) is 36.8 Å². The molecule has 2 aromatic carbocycles. The lowest BCUT2D eigenvalue weighted by molar-refractivity contribution is 0.0696. The van der Waals surface area contributed by atoms with Crippen molar-refractivity contribution in [1.29, 1.82) is 0 Å². The number of aromatic carboxylic acids is 1. The van der Waals surface area contributed by atoms with Crippen molar-refractivity contribution in [2.45, 2.75) is 6.92 Å². The van der Waals surface area contributed by atoms with Gasteiger partial charge in [0.05, 0.1) is 5.56 Å². The van der Waals surface area contributed by atoms with Gasteiger partial charge >= 0.3 is 5.97 Å². The lowest BCUT2D eigenvalue weighted by atomic mass is 10.2. The van der Waals surface area contributed by atoms with Crippen LogP contribution in [0.2, 0.25) is 0 Å². The van der Waals surface area contributed by atoms with Crippen LogP contribution in [0.4, 0.5) is 0 Å². The molecule has 3 N–H and O–H groups in total. The zero-order chi connectivity index (χ0) is 14.0. The van der Waals surface area contributed by atoms with Gasteiger partial charge < -0.3 is 20.1 Å². The highest BCUT2D eigenvalue weighted by atomic mass is 16.5. The third-order valence-corrected chi connectivity index (χ3v) is 2.41. The first kappa shape index (κ1) is 12.8. The van der Waals surface area contributed by atoms with E-state index in [1.165, 1.54) is 18.2 Å². The summed E-state index contributed by atoms with van der Waals surface area (Å²) in [4.78, 5) is 10.9. The molecule has 5 heteroatoms. The second-order valence-electron chi connectivity index (χ2n) is 4.13. The van der Waals surface area contributed by atoms with Gasteiger partial charge in [-0.3, -0.25) is 0 Å². The first-order chi connectivity index (χ1) is 8.94. The van der Waals surface area contributed by atoms with Gasteiger partial charge in [0.15, 0.2) is 0 Å². The average molecular weight is 260 g/mol. The molecule has 0 heterocycles. The van der Waals surface area contributed by atoms with Crippen molar-refractivity contribution in [3.05, 3.63) is 47.5 Å². The van der Waals surface area contributed by atoms with Crippen molar-refractivity contribution in [1.82, 2.24) is 0 Å². The monoisotopic (exact) mass is 260 g/mol. The van der Waals surface area contributed by atoms with Gasteiger partial charge in [0.1, 0.15) is 23.0 Å². The Hall–Kier alpha value is -2.69. The smallest absolute Gasteiger partial charge is 0.335 e. The number of carboxylic acid groups (broad SMARTS) is 1. The number of carboxylic acids is 1. The molecule has 0 atom stereocenters. The molecule has 0 aliphatic carbocycles. The van der Waals surface area contributed by atoms with E-state index in [9.17, 15) is 15.0 Å². The SMILES string of the molecule is Cc1cc(O)cc(Oc2cc(O)cc(C(=O)O)c2)c1. The Balaban J connectivity index is 2.35. The van der Waals surface area contributed by atoms with Crippen molar-refractivity contribution < 1.29 is 24.9 Å². The summed E-state index contributed by atoms with van der Waals surface area (Å²) in [5.41, 5.74) is 0.723. The summed E-state index contributed by atoms with van der Waals surface area (Å²) in [6.45, 7) is 1.79. The van der Waals surface area contributed by atoms with E-state index in [0.29, 0.717) is 5.75 Å². The Bertz CT molecular complexity index is 613. The summed E-state index contributed by atoms with van der Waals surface area (Å²) in [5, 5.41) is 27.8. The van der Waals surface area contributed by atoms with Crippen LogP contribution in [-0.4, -0.2) is 21.3 Å². The maximum atomic E-state index is 10.9. The molecular formula is C14H12O5. The number of carbonyl (C=O) groups is 1. The lowest BCUT2D eigenvalue weighted by Gasteiger charge is -2.08. The topological polar surface area (TPSA) is 87.0 Å². The van der Waals surface area contributed by atoms with E-state index >= 15 is 0 Å². The fourth-order valence-corrected chi connectivity index (χ4v) is 1.69. The molecule has 0 aliphatic rings. The Labute approximate surface area is 109 Å². The van der Waals surface area contributed by atoms with E-state index in [4.69, 9.17) is 9.84 Å². The van der Waals surface area contributed by atoms with E-state index in [1.807, 2.05) is 0 Å². The summed E-state index contributed by atoms with van der Waals surface area (Å²) in [6, 6.07) is 8.37. The molecule has 2 aromatic rings. The van der Waals surface area contributed by atoms with Crippen LogP contribution in [0, 0.1) is 6.92 Å². The molecule has 0 fully saturated rings. The minimum Gasteiger partial charge on any atom is -0.508 e. The van der Waals surface area contributed by atoms with Crippen LogP contribution in [0.15, 0.2) is 36.4 Å². The van der Waals surface area contributed by atoms with Gasteiger partial charge in [-0.1, -0.05) is 0 Å². The number of aromatic hydroxyl groups is 2. The van der Waals surface area contributed by atoms with E-state index in [2.05, 4.69) is 0 Å². The van der Waals surface area contributed by atoms with E-state index in [1.54, 1.807) is 19.1 Å². The number of ether oxygens (including phenoxy) is 1. The van der Waals surface area contributed by atoms with Gasteiger partial charge in [0, 0.05) is 12.1 Å². The van der Waals surface area contributed by atoms with Gasteiger partial charge in [-0.25, -0.2) is 4.79 Å². The fraction of sp³-hybridized carbons (Fsp3) is 0.0714. The molecule has 19 heavy (non-hydrogen) atoms. The average Bonchev–Trinajstić information content (AvgIpc) is 2.26. The highest BCUT2D eigenvalue weighted by molar-refractivity contribution is 5.88. The predicted molar refractivity (Wildman–Crippen MR) is 68.0 cm³/mol. The van der Waals surface area contributed by atoms with Crippen LogP contribution in [-0.2, 0) is 0 Å². The largest absolute Gasteiger partial charge is 0.508 e. The fourth-order valence-electron chi connectivity index (χ4n) is 1.69. The highest BCUT2D eigenvalue weighted by Crippen LogP contribution is 2.29. The normalized spacial score (nSPS) is 10.2. The quantitative estimate of drug-likeness (QED) is 0.789. The molecule has 0 aromatic heterocycles. The summed E-state index contributed by atoms with van der Waals surface area (Å²) < 4.78 is 5.43. The Morgan fingerprint density at radius 2 is 1.53 bits per heavy atom. The molecular weight excluding hydrogens is 248 g/mol. The molecule has 0 saturated carbocycles. The van der Waals surface area contributed by atoms with Gasteiger partial charge in [0.25, 0.3) is 0 Å². The second kappa shape index (κ2) is 4.89. The summed E-state index contributed by atoms with van der Waals surface area (Å²) >= 11 is 0. The van der Waals surface area contributed by atoms with Crippen LogP contribution in [0.3, 0.4) is 0 Å². The number of phenols is 2. The van der Waals surface area contributed by atoms with Crippen LogP contribution in [0.25, 0.3) is 0 Å². The van der Waals surface area contributed by atoms with Crippen molar-refractivity contribution in [3.63, 3.8) is 0 Å². The van der Waals surface area contributed by atoms with Crippen LogP contribution in [0.5, 0.6) is 23.0 Å². The van der Waals surface area contributed by atoms with Gasteiger partial charge in [-0.2, -0.15) is 0 Å². The molecule has 0 amide bonds. The molecule has 0 radical (unpaired) electrons. The minimum absolute atomic E-state index is 0.0496. The maximum Gasteiger partial charge on any atom is 0.335 e. The molecule has 0 saturated heterocycles. The summed E-state index contributed by atoms with van der Waals surface area (Å²) in [7, 11) is 0. The number of rotatable bonds is 3. The molecule has 0 aliphatic heterocycles. The lowest BCUT2D eigenvalue weighted by Crippen LogP contribution is -1.96. The molecule has 0 bridgehead atoms. The van der Waals surface area contributed by atoms with Crippen molar-refractivity contribution in [2.75, 3.05) is 0 Å².